The maximum Gasteiger partial charge on any atom is 0.244 e. The standard InChI is InChI=1S/C21H31FN4O5S/c1-16(2)20(23-32(29,30)18-6-4-3-5-17(18)22)21(28)26-9-7-25(8-10-26)19(27)15-24-11-13-31-14-12-24/h3-6,16,20,23H,7-15H2,1-2H3/t20-/m0/s1. The van der Waals surface area contributed by atoms with Crippen LogP contribution in [0, 0.1) is 11.7 Å². The average Bonchev–Trinajstić information content (AvgIpc) is 2.78. The zero-order chi connectivity index (χ0) is 23.3. The molecule has 2 aliphatic heterocycles. The molecule has 0 bridgehead atoms. The Morgan fingerprint density at radius 2 is 1.62 bits per heavy atom. The lowest BCUT2D eigenvalue weighted by atomic mass is 10.0. The lowest BCUT2D eigenvalue weighted by Crippen LogP contribution is -2.58. The van der Waals surface area contributed by atoms with Crippen molar-refractivity contribution < 1.29 is 27.1 Å². The second kappa shape index (κ2) is 10.7. The molecule has 2 amide bonds. The van der Waals surface area contributed by atoms with Gasteiger partial charge in [-0.3, -0.25) is 14.5 Å². The average molecular weight is 471 g/mol. The number of benzene rings is 1. The lowest BCUT2D eigenvalue weighted by Gasteiger charge is -2.38. The number of rotatable bonds is 7. The summed E-state index contributed by atoms with van der Waals surface area (Å²) in [5.41, 5.74) is 0. The van der Waals surface area contributed by atoms with Gasteiger partial charge in [0.15, 0.2) is 0 Å². The van der Waals surface area contributed by atoms with Crippen LogP contribution in [0.4, 0.5) is 4.39 Å². The molecule has 0 radical (unpaired) electrons. The molecule has 178 valence electrons. The van der Waals surface area contributed by atoms with E-state index in [9.17, 15) is 22.4 Å². The quantitative estimate of drug-likeness (QED) is 0.608. The number of ether oxygens (including phenoxy) is 1. The van der Waals surface area contributed by atoms with Gasteiger partial charge < -0.3 is 14.5 Å². The molecule has 2 heterocycles. The normalized spacial score (nSPS) is 19.2. The number of amides is 2. The Hall–Kier alpha value is -2.08. The van der Waals surface area contributed by atoms with Crippen LogP contribution in [-0.4, -0.2) is 100 Å². The van der Waals surface area contributed by atoms with Gasteiger partial charge in [-0.1, -0.05) is 26.0 Å². The van der Waals surface area contributed by atoms with Crippen LogP contribution in [0.3, 0.4) is 0 Å². The van der Waals surface area contributed by atoms with Gasteiger partial charge in [-0.05, 0) is 18.1 Å². The van der Waals surface area contributed by atoms with Crippen molar-refractivity contribution in [3.63, 3.8) is 0 Å². The number of piperazine rings is 1. The Balaban J connectivity index is 1.59. The fourth-order valence-corrected chi connectivity index (χ4v) is 5.21. The minimum atomic E-state index is -4.21. The topological polar surface area (TPSA) is 99.3 Å². The molecule has 1 aromatic carbocycles. The summed E-state index contributed by atoms with van der Waals surface area (Å²) >= 11 is 0. The Bertz CT molecular complexity index is 913. The van der Waals surface area contributed by atoms with Crippen molar-refractivity contribution in [1.82, 2.24) is 19.4 Å². The van der Waals surface area contributed by atoms with E-state index < -0.39 is 26.8 Å². The molecule has 3 rings (SSSR count). The minimum Gasteiger partial charge on any atom is -0.379 e. The number of hydrogen-bond donors (Lipinski definition) is 1. The second-order valence-corrected chi connectivity index (χ2v) is 10.1. The van der Waals surface area contributed by atoms with Crippen molar-refractivity contribution in [1.29, 1.82) is 0 Å². The number of nitrogens with zero attached hydrogens (tertiary/aromatic N) is 3. The van der Waals surface area contributed by atoms with E-state index in [1.165, 1.54) is 18.2 Å². The smallest absolute Gasteiger partial charge is 0.244 e. The summed E-state index contributed by atoms with van der Waals surface area (Å²) in [5, 5.41) is 0. The van der Waals surface area contributed by atoms with E-state index in [0.717, 1.165) is 19.2 Å². The minimum absolute atomic E-state index is 0.0136. The summed E-state index contributed by atoms with van der Waals surface area (Å²) in [6.45, 7) is 7.89. The second-order valence-electron chi connectivity index (χ2n) is 8.37. The number of nitrogens with one attached hydrogen (secondary N) is 1. The van der Waals surface area contributed by atoms with Gasteiger partial charge in [0.1, 0.15) is 16.8 Å². The highest BCUT2D eigenvalue weighted by atomic mass is 32.2. The molecule has 2 aliphatic rings. The van der Waals surface area contributed by atoms with Crippen molar-refractivity contribution in [2.45, 2.75) is 24.8 Å². The zero-order valence-corrected chi connectivity index (χ0v) is 19.3. The Kier molecular flexibility index (Phi) is 8.21. The molecule has 0 unspecified atom stereocenters. The van der Waals surface area contributed by atoms with E-state index in [-0.39, 0.29) is 17.7 Å². The molecule has 2 fully saturated rings. The summed E-state index contributed by atoms with van der Waals surface area (Å²) in [5.74, 6) is -1.58. The molecule has 11 heteroatoms. The fraction of sp³-hybridized carbons (Fsp3) is 0.619. The number of carbonyl (C=O) groups is 2. The van der Waals surface area contributed by atoms with Gasteiger partial charge in [0.2, 0.25) is 21.8 Å². The third-order valence-electron chi connectivity index (χ3n) is 5.75. The molecule has 1 aromatic rings. The summed E-state index contributed by atoms with van der Waals surface area (Å²) in [6, 6.07) is 4.03. The lowest BCUT2D eigenvalue weighted by molar-refractivity contribution is -0.142. The largest absolute Gasteiger partial charge is 0.379 e. The summed E-state index contributed by atoms with van der Waals surface area (Å²) in [6.07, 6.45) is 0. The first-order valence-electron chi connectivity index (χ1n) is 10.8. The van der Waals surface area contributed by atoms with E-state index in [1.807, 2.05) is 0 Å². The van der Waals surface area contributed by atoms with Gasteiger partial charge in [0.05, 0.1) is 19.8 Å². The molecule has 0 saturated carbocycles. The zero-order valence-electron chi connectivity index (χ0n) is 18.5. The van der Waals surface area contributed by atoms with Crippen LogP contribution in [0.25, 0.3) is 0 Å². The van der Waals surface area contributed by atoms with Gasteiger partial charge in [-0.15, -0.1) is 0 Å². The maximum absolute atomic E-state index is 14.0. The molecule has 2 saturated heterocycles. The van der Waals surface area contributed by atoms with Gasteiger partial charge in [0, 0.05) is 39.3 Å². The molecule has 9 nitrogen and oxygen atoms in total. The highest BCUT2D eigenvalue weighted by Crippen LogP contribution is 2.17. The summed E-state index contributed by atoms with van der Waals surface area (Å²) in [7, 11) is -4.21. The number of sulfonamides is 1. The molecule has 32 heavy (non-hydrogen) atoms. The summed E-state index contributed by atoms with van der Waals surface area (Å²) in [4.78, 5) is 30.5. The van der Waals surface area contributed by atoms with Gasteiger partial charge in [0.25, 0.3) is 0 Å². The molecule has 0 spiro atoms. The van der Waals surface area contributed by atoms with Crippen LogP contribution in [0.2, 0.25) is 0 Å². The molecule has 1 atom stereocenters. The van der Waals surface area contributed by atoms with Crippen molar-refractivity contribution in [2.75, 3.05) is 59.0 Å². The third kappa shape index (κ3) is 6.03. The molecule has 0 aliphatic carbocycles. The number of carbonyl (C=O) groups excluding carboxylic acids is 2. The van der Waals surface area contributed by atoms with E-state index in [0.29, 0.717) is 45.9 Å². The van der Waals surface area contributed by atoms with Crippen molar-refractivity contribution in [2.24, 2.45) is 5.92 Å². The van der Waals surface area contributed by atoms with Crippen LogP contribution in [0.1, 0.15) is 13.8 Å². The highest BCUT2D eigenvalue weighted by molar-refractivity contribution is 7.89. The first kappa shape index (κ1) is 24.6. The Morgan fingerprint density at radius 3 is 2.22 bits per heavy atom. The van der Waals surface area contributed by atoms with Crippen LogP contribution in [0.15, 0.2) is 29.2 Å². The van der Waals surface area contributed by atoms with Crippen LogP contribution >= 0.6 is 0 Å². The van der Waals surface area contributed by atoms with Crippen molar-refractivity contribution in [3.8, 4) is 0 Å². The summed E-state index contributed by atoms with van der Waals surface area (Å²) < 4.78 is 47.1. The van der Waals surface area contributed by atoms with Crippen LogP contribution in [0.5, 0.6) is 0 Å². The van der Waals surface area contributed by atoms with E-state index in [4.69, 9.17) is 4.74 Å². The molecule has 1 N–H and O–H groups in total. The monoisotopic (exact) mass is 470 g/mol. The van der Waals surface area contributed by atoms with Gasteiger partial charge in [-0.2, -0.15) is 4.72 Å². The first-order chi connectivity index (χ1) is 15.2. The van der Waals surface area contributed by atoms with E-state index in [1.54, 1.807) is 23.6 Å². The van der Waals surface area contributed by atoms with Crippen molar-refractivity contribution in [3.05, 3.63) is 30.1 Å². The molecular formula is C21H31FN4O5S. The molecule has 0 aromatic heterocycles. The number of morpholine rings is 1. The maximum atomic E-state index is 14.0. The predicted molar refractivity (Wildman–Crippen MR) is 116 cm³/mol. The van der Waals surface area contributed by atoms with E-state index >= 15 is 0 Å². The molecular weight excluding hydrogens is 439 g/mol. The van der Waals surface area contributed by atoms with Gasteiger partial charge >= 0.3 is 0 Å². The van der Waals surface area contributed by atoms with E-state index in [2.05, 4.69) is 9.62 Å². The third-order valence-corrected chi connectivity index (χ3v) is 7.22. The number of halogens is 1. The fourth-order valence-electron chi connectivity index (χ4n) is 3.79. The van der Waals surface area contributed by atoms with Crippen molar-refractivity contribution >= 4 is 21.8 Å². The predicted octanol–water partition coefficient (Wildman–Crippen LogP) is 0.132. The van der Waals surface area contributed by atoms with Gasteiger partial charge in [-0.25, -0.2) is 12.8 Å². The highest BCUT2D eigenvalue weighted by Gasteiger charge is 2.34. The Morgan fingerprint density at radius 1 is 1.03 bits per heavy atom. The number of hydrogen-bond acceptors (Lipinski definition) is 6. The first-order valence-corrected chi connectivity index (χ1v) is 12.3. The SMILES string of the molecule is CC(C)[C@H](NS(=O)(=O)c1ccccc1F)C(=O)N1CCN(C(=O)CN2CCOCC2)CC1. The van der Waals surface area contributed by atoms with Crippen LogP contribution in [-0.2, 0) is 24.3 Å². The Labute approximate surface area is 188 Å². The van der Waals surface area contributed by atoms with Crippen LogP contribution < -0.4 is 4.72 Å².